The summed E-state index contributed by atoms with van der Waals surface area (Å²) in [5.41, 5.74) is 0. The molecule has 0 radical (unpaired) electrons. The van der Waals surface area contributed by atoms with E-state index in [1.54, 1.807) is 6.92 Å². The van der Waals surface area contributed by atoms with E-state index < -0.39 is 0 Å². The molecule has 0 spiro atoms. The van der Waals surface area contributed by atoms with E-state index in [9.17, 15) is 9.59 Å². The highest BCUT2D eigenvalue weighted by molar-refractivity contribution is 5.75. The molecule has 0 rings (SSSR count). The van der Waals surface area contributed by atoms with Gasteiger partial charge >= 0.3 is 5.97 Å². The van der Waals surface area contributed by atoms with Crippen molar-refractivity contribution in [2.45, 2.75) is 194 Å². The van der Waals surface area contributed by atoms with Crippen LogP contribution in [-0.2, 0) is 14.3 Å². The van der Waals surface area contributed by atoms with Crippen LogP contribution < -0.4 is 5.32 Å². The number of nitrogens with one attached hydrogen (secondary N) is 1. The molecule has 0 aromatic carbocycles. The van der Waals surface area contributed by atoms with Gasteiger partial charge in [0.2, 0.25) is 0 Å². The third-order valence-electron chi connectivity index (χ3n) is 4.35. The number of carbonyl (C=O) groups excluding carboxylic acids is 2. The minimum absolute atomic E-state index is 0.0761. The molecule has 4 nitrogen and oxygen atoms in total. The van der Waals surface area contributed by atoms with E-state index in [0.717, 1.165) is 45.2 Å². The highest BCUT2D eigenvalue weighted by atomic mass is 16.5. The zero-order valence-electron chi connectivity index (χ0n) is 31.2. The molecule has 0 aromatic rings. The highest BCUT2D eigenvalue weighted by Crippen LogP contribution is 2.06. The second-order valence-electron chi connectivity index (χ2n) is 7.08. The molecular weight excluding hydrogens is 494 g/mol. The average Bonchev–Trinajstić information content (AvgIpc) is 3.04. The number of carbonyl (C=O) groups is 2. The van der Waals surface area contributed by atoms with Crippen LogP contribution in [0.15, 0.2) is 12.2 Å². The minimum Gasteiger partial charge on any atom is -0.461 e. The van der Waals surface area contributed by atoms with Crippen LogP contribution in [0.4, 0.5) is 0 Å². The zero-order chi connectivity index (χ0) is 33.3. The van der Waals surface area contributed by atoms with Gasteiger partial charge in [-0.15, -0.1) is 0 Å². The Kier molecular flexibility index (Phi) is 122. The normalized spacial score (nSPS) is 8.30. The van der Waals surface area contributed by atoms with E-state index in [1.165, 1.54) is 38.5 Å². The van der Waals surface area contributed by atoms with Crippen LogP contribution in [0.3, 0.4) is 0 Å². The van der Waals surface area contributed by atoms with Crippen molar-refractivity contribution in [2.24, 2.45) is 0 Å². The summed E-state index contributed by atoms with van der Waals surface area (Å²) in [5.74, 6) is 0.191. The molecule has 1 N–H and O–H groups in total. The van der Waals surface area contributed by atoms with Gasteiger partial charge in [-0.3, -0.25) is 4.79 Å². The Morgan fingerprint density at radius 2 is 1.00 bits per heavy atom. The van der Waals surface area contributed by atoms with E-state index in [-0.39, 0.29) is 11.8 Å². The molecule has 4 heteroatoms. The fourth-order valence-corrected chi connectivity index (χ4v) is 2.73. The summed E-state index contributed by atoms with van der Waals surface area (Å²) in [6.45, 7) is 34.2. The van der Waals surface area contributed by atoms with E-state index in [2.05, 4.69) is 18.3 Å². The first-order valence-electron chi connectivity index (χ1n) is 17.7. The molecule has 0 heterocycles. The maximum Gasteiger partial charge on any atom is 0.306 e. The van der Waals surface area contributed by atoms with Gasteiger partial charge in [0.05, 0.1) is 0 Å². The molecule has 0 aliphatic heterocycles. The van der Waals surface area contributed by atoms with Crippen molar-refractivity contribution in [3.8, 4) is 0 Å². The Balaban J connectivity index is -0.000000105. The van der Waals surface area contributed by atoms with Gasteiger partial charge in [0.1, 0.15) is 12.4 Å². The van der Waals surface area contributed by atoms with Crippen LogP contribution >= 0.6 is 0 Å². The van der Waals surface area contributed by atoms with Crippen molar-refractivity contribution in [2.75, 3.05) is 19.7 Å². The summed E-state index contributed by atoms with van der Waals surface area (Å²) in [5, 5.41) is 3.36. The Morgan fingerprint density at radius 1 is 0.550 bits per heavy atom. The summed E-state index contributed by atoms with van der Waals surface area (Å²) in [6, 6.07) is 0. The number of esters is 1. The van der Waals surface area contributed by atoms with Crippen LogP contribution in [0.5, 0.6) is 0 Å². The van der Waals surface area contributed by atoms with Crippen molar-refractivity contribution < 1.29 is 14.3 Å². The standard InChI is InChI=1S/C22H41NO3.7C2H6/c1-3-4-5-6-7-11-14-20-26-22(25)17-12-9-8-10-13-18-23-19-15-16-21(2)24;7*1-2/h11,14,23H,3-10,12-13,15-20H2,1-2H3;7*1-2H3/b14-11-;;;;;;;. The molecule has 0 amide bonds. The van der Waals surface area contributed by atoms with Gasteiger partial charge in [-0.25, -0.2) is 0 Å². The fourth-order valence-electron chi connectivity index (χ4n) is 2.73. The monoisotopic (exact) mass is 578 g/mol. The first-order chi connectivity index (χ1) is 19.7. The van der Waals surface area contributed by atoms with Gasteiger partial charge in [0, 0.05) is 12.8 Å². The maximum absolute atomic E-state index is 11.6. The average molecular weight is 578 g/mol. The zero-order valence-corrected chi connectivity index (χ0v) is 31.2. The summed E-state index contributed by atoms with van der Waals surface area (Å²) >= 11 is 0. The number of hydrogen-bond acceptors (Lipinski definition) is 4. The molecule has 0 aliphatic carbocycles. The third-order valence-corrected chi connectivity index (χ3v) is 4.35. The second kappa shape index (κ2) is 83.2. The predicted octanol–water partition coefficient (Wildman–Crippen LogP) is 12.5. The van der Waals surface area contributed by atoms with Gasteiger partial charge in [-0.1, -0.05) is 155 Å². The van der Waals surface area contributed by atoms with Crippen LogP contribution in [0.2, 0.25) is 0 Å². The Bertz CT molecular complexity index is 369. The van der Waals surface area contributed by atoms with Gasteiger partial charge in [-0.05, 0) is 52.1 Å². The van der Waals surface area contributed by atoms with Crippen LogP contribution in [0.1, 0.15) is 194 Å². The molecule has 0 saturated carbocycles. The van der Waals surface area contributed by atoms with Gasteiger partial charge in [0.15, 0.2) is 0 Å². The molecule has 40 heavy (non-hydrogen) atoms. The molecule has 0 aliphatic rings. The van der Waals surface area contributed by atoms with Crippen molar-refractivity contribution >= 4 is 11.8 Å². The maximum atomic E-state index is 11.6. The van der Waals surface area contributed by atoms with E-state index in [1.807, 2.05) is 103 Å². The molecule has 250 valence electrons. The van der Waals surface area contributed by atoms with Crippen LogP contribution in [0, 0.1) is 0 Å². The lowest BCUT2D eigenvalue weighted by Gasteiger charge is -2.04. The smallest absolute Gasteiger partial charge is 0.306 e. The number of ketones is 1. The lowest BCUT2D eigenvalue weighted by atomic mass is 10.1. The predicted molar refractivity (Wildman–Crippen MR) is 189 cm³/mol. The van der Waals surface area contributed by atoms with Crippen molar-refractivity contribution in [3.05, 3.63) is 12.2 Å². The van der Waals surface area contributed by atoms with Crippen LogP contribution in [0.25, 0.3) is 0 Å². The number of unbranched alkanes of at least 4 members (excludes halogenated alkanes) is 8. The number of allylic oxidation sites excluding steroid dienone is 1. The van der Waals surface area contributed by atoms with E-state index in [4.69, 9.17) is 4.74 Å². The topological polar surface area (TPSA) is 55.4 Å². The highest BCUT2D eigenvalue weighted by Gasteiger charge is 2.01. The molecule has 0 atom stereocenters. The molecule has 0 aromatic heterocycles. The Hall–Kier alpha value is -1.16. The molecule has 0 unspecified atom stereocenters. The molecule has 0 bridgehead atoms. The first kappa shape index (κ1) is 58.5. The first-order valence-corrected chi connectivity index (χ1v) is 17.7. The quantitative estimate of drug-likeness (QED) is 0.0942. The number of ether oxygens (including phenoxy) is 1. The molecule has 0 fully saturated rings. The third kappa shape index (κ3) is 90.7. The van der Waals surface area contributed by atoms with Crippen molar-refractivity contribution in [1.29, 1.82) is 0 Å². The Morgan fingerprint density at radius 3 is 1.50 bits per heavy atom. The van der Waals surface area contributed by atoms with Gasteiger partial charge in [-0.2, -0.15) is 0 Å². The van der Waals surface area contributed by atoms with Gasteiger partial charge < -0.3 is 14.8 Å². The van der Waals surface area contributed by atoms with Crippen LogP contribution in [-0.4, -0.2) is 31.4 Å². The lowest BCUT2D eigenvalue weighted by Crippen LogP contribution is -2.17. The summed E-state index contributed by atoms with van der Waals surface area (Å²) in [7, 11) is 0. The second-order valence-corrected chi connectivity index (χ2v) is 7.08. The van der Waals surface area contributed by atoms with E-state index in [0.29, 0.717) is 19.4 Å². The fraction of sp³-hybridized carbons (Fsp3) is 0.889. The molecule has 0 saturated heterocycles. The number of rotatable bonds is 19. The summed E-state index contributed by atoms with van der Waals surface area (Å²) in [6.07, 6.45) is 17.9. The van der Waals surface area contributed by atoms with E-state index >= 15 is 0 Å². The largest absolute Gasteiger partial charge is 0.461 e. The summed E-state index contributed by atoms with van der Waals surface area (Å²) < 4.78 is 5.21. The van der Waals surface area contributed by atoms with Crippen molar-refractivity contribution in [3.63, 3.8) is 0 Å². The van der Waals surface area contributed by atoms with Gasteiger partial charge in [0.25, 0.3) is 0 Å². The molecular formula is C36H83NO3. The summed E-state index contributed by atoms with van der Waals surface area (Å²) in [4.78, 5) is 22.4. The number of Topliss-reactive ketones (excluding diaryl/α,β-unsaturated/α-hetero) is 1. The Labute approximate surface area is 257 Å². The van der Waals surface area contributed by atoms with Crippen molar-refractivity contribution in [1.82, 2.24) is 5.32 Å². The SMILES string of the molecule is CC.CC.CC.CC.CC.CC.CC.CCCCCC/C=C\COC(=O)CCCCCCCNCCCC(C)=O. The lowest BCUT2D eigenvalue weighted by molar-refractivity contribution is -0.142. The number of hydrogen-bond donors (Lipinski definition) is 1. The minimum atomic E-state index is -0.0761.